The molecule has 90 valence electrons. The van der Waals surface area contributed by atoms with E-state index in [1.165, 1.54) is 20.0 Å². The van der Waals surface area contributed by atoms with E-state index in [0.29, 0.717) is 12.5 Å². The van der Waals surface area contributed by atoms with E-state index in [-0.39, 0.29) is 5.97 Å². The fraction of sp³-hybridized carbons (Fsp3) is 0.917. The predicted molar refractivity (Wildman–Crippen MR) is 62.8 cm³/mol. The number of nitrogens with zero attached hydrogens (tertiary/aromatic N) is 1. The number of carbonyl (C=O) groups excluding carboxylic acids is 1. The number of rotatable bonds is 8. The summed E-state index contributed by atoms with van der Waals surface area (Å²) in [6.07, 6.45) is 3.51. The van der Waals surface area contributed by atoms with Gasteiger partial charge in [-0.25, -0.2) is 0 Å². The van der Waals surface area contributed by atoms with Gasteiger partial charge in [0.05, 0.1) is 13.7 Å². The van der Waals surface area contributed by atoms with Crippen molar-refractivity contribution in [1.29, 1.82) is 0 Å². The van der Waals surface area contributed by atoms with Crippen LogP contribution in [0.5, 0.6) is 0 Å². The standard InChI is InChI=1S/C12H25NO2/c1-5-7-11(3)9-13(8-6-2)10-12(14)15-4/h11H,5-10H2,1-4H3. The van der Waals surface area contributed by atoms with Crippen LogP contribution in [-0.4, -0.2) is 37.6 Å². The Morgan fingerprint density at radius 2 is 2.00 bits per heavy atom. The highest BCUT2D eigenvalue weighted by Crippen LogP contribution is 2.08. The third-order valence-corrected chi connectivity index (χ3v) is 2.47. The second-order valence-corrected chi connectivity index (χ2v) is 4.21. The van der Waals surface area contributed by atoms with E-state index in [2.05, 4.69) is 30.4 Å². The van der Waals surface area contributed by atoms with Crippen molar-refractivity contribution < 1.29 is 9.53 Å². The van der Waals surface area contributed by atoms with Crippen LogP contribution in [-0.2, 0) is 9.53 Å². The van der Waals surface area contributed by atoms with E-state index < -0.39 is 0 Å². The van der Waals surface area contributed by atoms with Gasteiger partial charge in [0.15, 0.2) is 0 Å². The van der Waals surface area contributed by atoms with E-state index in [1.807, 2.05) is 0 Å². The van der Waals surface area contributed by atoms with E-state index >= 15 is 0 Å². The van der Waals surface area contributed by atoms with Crippen LogP contribution >= 0.6 is 0 Å². The van der Waals surface area contributed by atoms with Gasteiger partial charge in [0, 0.05) is 6.54 Å². The lowest BCUT2D eigenvalue weighted by atomic mass is 10.1. The molecular formula is C12H25NO2. The van der Waals surface area contributed by atoms with Crippen LogP contribution in [0, 0.1) is 5.92 Å². The molecule has 0 heterocycles. The van der Waals surface area contributed by atoms with Gasteiger partial charge in [0.25, 0.3) is 0 Å². The quantitative estimate of drug-likeness (QED) is 0.582. The van der Waals surface area contributed by atoms with Crippen molar-refractivity contribution in [2.24, 2.45) is 5.92 Å². The molecule has 3 heteroatoms. The Hall–Kier alpha value is -0.570. The molecule has 0 spiro atoms. The second-order valence-electron chi connectivity index (χ2n) is 4.21. The van der Waals surface area contributed by atoms with Crippen molar-refractivity contribution >= 4 is 5.97 Å². The molecule has 0 saturated heterocycles. The topological polar surface area (TPSA) is 29.5 Å². The monoisotopic (exact) mass is 215 g/mol. The van der Waals surface area contributed by atoms with Gasteiger partial charge < -0.3 is 4.74 Å². The third-order valence-electron chi connectivity index (χ3n) is 2.47. The molecule has 0 aliphatic heterocycles. The summed E-state index contributed by atoms with van der Waals surface area (Å²) in [5.74, 6) is 0.526. The van der Waals surface area contributed by atoms with Crippen molar-refractivity contribution in [3.63, 3.8) is 0 Å². The third kappa shape index (κ3) is 7.37. The second kappa shape index (κ2) is 8.72. The maximum atomic E-state index is 11.2. The summed E-state index contributed by atoms with van der Waals surface area (Å²) in [4.78, 5) is 13.4. The molecule has 15 heavy (non-hydrogen) atoms. The fourth-order valence-electron chi connectivity index (χ4n) is 1.82. The maximum Gasteiger partial charge on any atom is 0.319 e. The van der Waals surface area contributed by atoms with Gasteiger partial charge in [0.1, 0.15) is 0 Å². The minimum atomic E-state index is -0.132. The van der Waals surface area contributed by atoms with Crippen molar-refractivity contribution in [1.82, 2.24) is 4.90 Å². The summed E-state index contributed by atoms with van der Waals surface area (Å²) in [6, 6.07) is 0. The molecule has 0 aliphatic carbocycles. The molecular weight excluding hydrogens is 190 g/mol. The van der Waals surface area contributed by atoms with Crippen LogP contribution in [0.2, 0.25) is 0 Å². The molecule has 1 unspecified atom stereocenters. The largest absolute Gasteiger partial charge is 0.468 e. The summed E-state index contributed by atoms with van der Waals surface area (Å²) in [6.45, 7) is 8.97. The van der Waals surface area contributed by atoms with Gasteiger partial charge in [-0.2, -0.15) is 0 Å². The minimum absolute atomic E-state index is 0.132. The lowest BCUT2D eigenvalue weighted by Crippen LogP contribution is -2.34. The minimum Gasteiger partial charge on any atom is -0.468 e. The zero-order valence-electron chi connectivity index (χ0n) is 10.6. The Balaban J connectivity index is 3.96. The molecule has 0 amide bonds. The van der Waals surface area contributed by atoms with Gasteiger partial charge in [-0.3, -0.25) is 9.69 Å². The average molecular weight is 215 g/mol. The predicted octanol–water partition coefficient (Wildman–Crippen LogP) is 2.31. The molecule has 0 bridgehead atoms. The van der Waals surface area contributed by atoms with Gasteiger partial charge in [-0.1, -0.05) is 27.2 Å². The first-order valence-corrected chi connectivity index (χ1v) is 5.93. The number of carbonyl (C=O) groups is 1. The molecule has 0 aromatic rings. The van der Waals surface area contributed by atoms with Crippen molar-refractivity contribution in [3.8, 4) is 0 Å². The van der Waals surface area contributed by atoms with Gasteiger partial charge in [-0.05, 0) is 25.3 Å². The molecule has 0 aliphatic rings. The van der Waals surface area contributed by atoms with Crippen molar-refractivity contribution in [2.75, 3.05) is 26.7 Å². The Kier molecular flexibility index (Phi) is 8.38. The van der Waals surface area contributed by atoms with E-state index in [0.717, 1.165) is 19.5 Å². The lowest BCUT2D eigenvalue weighted by molar-refractivity contribution is -0.142. The smallest absolute Gasteiger partial charge is 0.319 e. The number of hydrogen-bond acceptors (Lipinski definition) is 3. The molecule has 0 saturated carbocycles. The fourth-order valence-corrected chi connectivity index (χ4v) is 1.82. The normalized spacial score (nSPS) is 12.9. The average Bonchev–Trinajstić information content (AvgIpc) is 2.18. The first kappa shape index (κ1) is 14.4. The number of esters is 1. The zero-order chi connectivity index (χ0) is 11.7. The molecule has 0 aromatic heterocycles. The Morgan fingerprint density at radius 3 is 2.47 bits per heavy atom. The zero-order valence-corrected chi connectivity index (χ0v) is 10.6. The summed E-state index contributed by atoms with van der Waals surface area (Å²) in [7, 11) is 1.45. The Labute approximate surface area is 93.8 Å². The summed E-state index contributed by atoms with van der Waals surface area (Å²) >= 11 is 0. The molecule has 0 fully saturated rings. The SMILES string of the molecule is CCCC(C)CN(CCC)CC(=O)OC. The molecule has 3 nitrogen and oxygen atoms in total. The highest BCUT2D eigenvalue weighted by Gasteiger charge is 2.12. The van der Waals surface area contributed by atoms with Gasteiger partial charge >= 0.3 is 5.97 Å². The van der Waals surface area contributed by atoms with Crippen LogP contribution in [0.1, 0.15) is 40.0 Å². The molecule has 1 atom stereocenters. The summed E-state index contributed by atoms with van der Waals surface area (Å²) < 4.78 is 4.69. The first-order chi connectivity index (χ1) is 7.13. The highest BCUT2D eigenvalue weighted by molar-refractivity contribution is 5.71. The van der Waals surface area contributed by atoms with E-state index in [4.69, 9.17) is 0 Å². The van der Waals surface area contributed by atoms with Crippen LogP contribution < -0.4 is 0 Å². The van der Waals surface area contributed by atoms with Crippen LogP contribution in [0.4, 0.5) is 0 Å². The Morgan fingerprint density at radius 1 is 1.33 bits per heavy atom. The molecule has 0 radical (unpaired) electrons. The van der Waals surface area contributed by atoms with Gasteiger partial charge in [-0.15, -0.1) is 0 Å². The highest BCUT2D eigenvalue weighted by atomic mass is 16.5. The van der Waals surface area contributed by atoms with Crippen LogP contribution in [0.3, 0.4) is 0 Å². The van der Waals surface area contributed by atoms with Crippen LogP contribution in [0.25, 0.3) is 0 Å². The molecule has 0 rings (SSSR count). The van der Waals surface area contributed by atoms with Crippen molar-refractivity contribution in [3.05, 3.63) is 0 Å². The summed E-state index contributed by atoms with van der Waals surface area (Å²) in [5, 5.41) is 0. The molecule has 0 aromatic carbocycles. The molecule has 0 N–H and O–H groups in total. The number of hydrogen-bond donors (Lipinski definition) is 0. The van der Waals surface area contributed by atoms with Crippen molar-refractivity contribution in [2.45, 2.75) is 40.0 Å². The Bertz CT molecular complexity index is 171. The lowest BCUT2D eigenvalue weighted by Gasteiger charge is -2.23. The maximum absolute atomic E-state index is 11.2. The van der Waals surface area contributed by atoms with E-state index in [9.17, 15) is 4.79 Å². The number of ether oxygens (including phenoxy) is 1. The number of methoxy groups -OCH3 is 1. The van der Waals surface area contributed by atoms with Gasteiger partial charge in [0.2, 0.25) is 0 Å². The summed E-state index contributed by atoms with van der Waals surface area (Å²) in [5.41, 5.74) is 0. The van der Waals surface area contributed by atoms with Crippen LogP contribution in [0.15, 0.2) is 0 Å². The van der Waals surface area contributed by atoms with E-state index in [1.54, 1.807) is 0 Å². The first-order valence-electron chi connectivity index (χ1n) is 5.93.